The topological polar surface area (TPSA) is 40.5 Å². The van der Waals surface area contributed by atoms with Crippen LogP contribution in [0.5, 0.6) is 0 Å². The summed E-state index contributed by atoms with van der Waals surface area (Å²) in [7, 11) is 0. The first-order valence-electron chi connectivity index (χ1n) is 3.55. The van der Waals surface area contributed by atoms with Crippen LogP contribution in [0.15, 0.2) is 10.7 Å². The van der Waals surface area contributed by atoms with Crippen LogP contribution in [-0.2, 0) is 0 Å². The van der Waals surface area contributed by atoms with Crippen molar-refractivity contribution in [2.45, 2.75) is 19.3 Å². The maximum atomic E-state index is 10.6. The van der Waals surface area contributed by atoms with Crippen LogP contribution >= 0.6 is 15.9 Å². The molecule has 4 heteroatoms. The molecule has 0 aromatic carbocycles. The molecule has 0 atom stereocenters. The summed E-state index contributed by atoms with van der Waals surface area (Å²) in [6.07, 6.45) is 2.06. The molecule has 0 spiro atoms. The number of amides is 1. The quantitative estimate of drug-likeness (QED) is 0.680. The average Bonchev–Trinajstić information content (AvgIpc) is 2.04. The van der Waals surface area contributed by atoms with Crippen LogP contribution in [0.25, 0.3) is 0 Å². The molecule has 1 N–H and O–H groups in total. The lowest BCUT2D eigenvalue weighted by atomic mass is 10.1. The molecule has 1 fully saturated rings. The summed E-state index contributed by atoms with van der Waals surface area (Å²) in [5.41, 5.74) is 0.865. The Hall–Kier alpha value is -0.510. The summed E-state index contributed by atoms with van der Waals surface area (Å²) in [5, 5.41) is 8.70. The third kappa shape index (κ3) is 1.96. The van der Waals surface area contributed by atoms with Gasteiger partial charge in [0.25, 0.3) is 0 Å². The molecule has 11 heavy (non-hydrogen) atoms. The summed E-state index contributed by atoms with van der Waals surface area (Å²) < 4.78 is 0. The summed E-state index contributed by atoms with van der Waals surface area (Å²) in [5.74, 6) is 0. The fourth-order valence-corrected chi connectivity index (χ4v) is 1.66. The zero-order valence-corrected chi connectivity index (χ0v) is 7.67. The van der Waals surface area contributed by atoms with Gasteiger partial charge < -0.3 is 5.11 Å². The predicted octanol–water partition coefficient (Wildman–Crippen LogP) is 2.39. The zero-order valence-electron chi connectivity index (χ0n) is 6.09. The Balaban J connectivity index is 2.67. The highest BCUT2D eigenvalue weighted by atomic mass is 79.9. The van der Waals surface area contributed by atoms with E-state index >= 15 is 0 Å². The Bertz CT molecular complexity index is 191. The third-order valence-electron chi connectivity index (χ3n) is 1.77. The monoisotopic (exact) mass is 219 g/mol. The Morgan fingerprint density at radius 1 is 1.64 bits per heavy atom. The second-order valence-corrected chi connectivity index (χ2v) is 2.95. The molecule has 0 bridgehead atoms. The van der Waals surface area contributed by atoms with Crippen molar-refractivity contribution in [1.82, 2.24) is 4.90 Å². The number of carbonyl (C=O) groups is 1. The Morgan fingerprint density at radius 3 is 2.82 bits per heavy atom. The minimum absolute atomic E-state index is 0.632. The van der Waals surface area contributed by atoms with E-state index in [0.29, 0.717) is 6.54 Å². The molecule has 0 aromatic rings. The maximum Gasteiger partial charge on any atom is 0.411 e. The van der Waals surface area contributed by atoms with Crippen molar-refractivity contribution in [1.29, 1.82) is 0 Å². The minimum Gasteiger partial charge on any atom is -0.465 e. The molecule has 3 nitrogen and oxygen atoms in total. The number of piperidine rings is 1. The lowest BCUT2D eigenvalue weighted by molar-refractivity contribution is 0.151. The van der Waals surface area contributed by atoms with Gasteiger partial charge in [-0.1, -0.05) is 15.9 Å². The van der Waals surface area contributed by atoms with Gasteiger partial charge in [-0.25, -0.2) is 4.79 Å². The average molecular weight is 220 g/mol. The summed E-state index contributed by atoms with van der Waals surface area (Å²) in [6.45, 7) is 0.632. The second kappa shape index (κ2) is 3.76. The SMILES string of the molecule is O=C(O)N1CCCC/C1=C/Br. The van der Waals surface area contributed by atoms with Crippen molar-refractivity contribution in [2.24, 2.45) is 0 Å². The summed E-state index contributed by atoms with van der Waals surface area (Å²) in [6, 6.07) is 0. The van der Waals surface area contributed by atoms with Gasteiger partial charge in [0.15, 0.2) is 0 Å². The van der Waals surface area contributed by atoms with Gasteiger partial charge in [0, 0.05) is 17.2 Å². The maximum absolute atomic E-state index is 10.6. The van der Waals surface area contributed by atoms with Gasteiger partial charge in [0.1, 0.15) is 0 Å². The van der Waals surface area contributed by atoms with Gasteiger partial charge in [-0.05, 0) is 19.3 Å². The molecular formula is C7H10BrNO2. The van der Waals surface area contributed by atoms with Gasteiger partial charge in [-0.15, -0.1) is 0 Å². The number of carboxylic acid groups (broad SMARTS) is 1. The van der Waals surface area contributed by atoms with Gasteiger partial charge in [-0.2, -0.15) is 0 Å². The van der Waals surface area contributed by atoms with Crippen molar-refractivity contribution < 1.29 is 9.90 Å². The van der Waals surface area contributed by atoms with Gasteiger partial charge in [-0.3, -0.25) is 4.90 Å². The lowest BCUT2D eigenvalue weighted by Crippen LogP contribution is -2.32. The number of hydrogen-bond acceptors (Lipinski definition) is 1. The second-order valence-electron chi connectivity index (χ2n) is 2.49. The molecule has 1 aliphatic heterocycles. The van der Waals surface area contributed by atoms with Crippen molar-refractivity contribution in [3.63, 3.8) is 0 Å². The standard InChI is InChI=1S/C7H10BrNO2/c8-5-6-3-1-2-4-9(6)7(10)11/h5H,1-4H2,(H,10,11)/b6-5-. The molecule has 1 rings (SSSR count). The van der Waals surface area contributed by atoms with Crippen LogP contribution in [0.2, 0.25) is 0 Å². The molecule has 1 saturated heterocycles. The Labute approximate surface area is 73.8 Å². The molecule has 0 saturated carbocycles. The van der Waals surface area contributed by atoms with Crippen LogP contribution < -0.4 is 0 Å². The summed E-state index contributed by atoms with van der Waals surface area (Å²) >= 11 is 3.15. The molecule has 0 radical (unpaired) electrons. The predicted molar refractivity (Wildman–Crippen MR) is 45.6 cm³/mol. The molecule has 1 heterocycles. The molecule has 0 aromatic heterocycles. The van der Waals surface area contributed by atoms with Crippen LogP contribution in [0.4, 0.5) is 4.79 Å². The fourth-order valence-electron chi connectivity index (χ4n) is 1.19. The van der Waals surface area contributed by atoms with Crippen LogP contribution in [0.1, 0.15) is 19.3 Å². The van der Waals surface area contributed by atoms with Crippen molar-refractivity contribution in [2.75, 3.05) is 6.54 Å². The first-order chi connectivity index (χ1) is 5.25. The first-order valence-corrected chi connectivity index (χ1v) is 4.47. The van der Waals surface area contributed by atoms with Crippen LogP contribution in [0.3, 0.4) is 0 Å². The number of likely N-dealkylation sites (tertiary alicyclic amines) is 1. The molecule has 1 amide bonds. The molecule has 62 valence electrons. The number of rotatable bonds is 0. The molecular weight excluding hydrogens is 210 g/mol. The number of hydrogen-bond donors (Lipinski definition) is 1. The molecule has 1 aliphatic rings. The largest absolute Gasteiger partial charge is 0.465 e. The number of nitrogens with zero attached hydrogens (tertiary/aromatic N) is 1. The summed E-state index contributed by atoms with van der Waals surface area (Å²) in [4.78, 5) is 13.7. The minimum atomic E-state index is -0.851. The van der Waals surface area contributed by atoms with E-state index in [4.69, 9.17) is 5.11 Å². The third-order valence-corrected chi connectivity index (χ3v) is 2.30. The van der Waals surface area contributed by atoms with Gasteiger partial charge >= 0.3 is 6.09 Å². The normalized spacial score (nSPS) is 22.3. The van der Waals surface area contributed by atoms with E-state index in [0.717, 1.165) is 25.0 Å². The number of allylic oxidation sites excluding steroid dienone is 1. The van der Waals surface area contributed by atoms with E-state index in [2.05, 4.69) is 15.9 Å². The highest BCUT2D eigenvalue weighted by molar-refractivity contribution is 9.11. The highest BCUT2D eigenvalue weighted by Crippen LogP contribution is 2.21. The molecule has 0 aliphatic carbocycles. The van der Waals surface area contributed by atoms with E-state index in [1.807, 2.05) is 0 Å². The highest BCUT2D eigenvalue weighted by Gasteiger charge is 2.19. The number of halogens is 1. The van der Waals surface area contributed by atoms with Gasteiger partial charge in [0.05, 0.1) is 0 Å². The Morgan fingerprint density at radius 2 is 2.36 bits per heavy atom. The van der Waals surface area contributed by atoms with Gasteiger partial charge in [0.2, 0.25) is 0 Å². The van der Waals surface area contributed by atoms with Crippen molar-refractivity contribution >= 4 is 22.0 Å². The van der Waals surface area contributed by atoms with E-state index in [9.17, 15) is 4.79 Å². The van der Waals surface area contributed by atoms with E-state index in [-0.39, 0.29) is 0 Å². The van der Waals surface area contributed by atoms with Crippen molar-refractivity contribution in [3.8, 4) is 0 Å². The zero-order chi connectivity index (χ0) is 8.27. The van der Waals surface area contributed by atoms with E-state index in [1.54, 1.807) is 4.99 Å². The fraction of sp³-hybridized carbons (Fsp3) is 0.571. The Kier molecular flexibility index (Phi) is 2.93. The smallest absolute Gasteiger partial charge is 0.411 e. The van der Waals surface area contributed by atoms with Crippen LogP contribution in [0, 0.1) is 0 Å². The van der Waals surface area contributed by atoms with Crippen LogP contribution in [-0.4, -0.2) is 22.6 Å². The molecule has 0 unspecified atom stereocenters. The van der Waals surface area contributed by atoms with E-state index < -0.39 is 6.09 Å². The van der Waals surface area contributed by atoms with E-state index in [1.165, 1.54) is 4.90 Å². The lowest BCUT2D eigenvalue weighted by Gasteiger charge is -2.26. The van der Waals surface area contributed by atoms with Crippen molar-refractivity contribution in [3.05, 3.63) is 10.7 Å². The first kappa shape index (κ1) is 8.59.